The molecule has 1 fully saturated rings. The summed E-state index contributed by atoms with van der Waals surface area (Å²) in [5.74, 6) is 1.93. The molecule has 1 aromatic carbocycles. The molecule has 2 aromatic heterocycles. The van der Waals surface area contributed by atoms with Gasteiger partial charge in [0.2, 0.25) is 0 Å². The number of carbonyl (C=O) groups excluding carboxylic acids is 1. The number of fused-ring (bicyclic) bond motifs is 1. The standard InChI is InChI=1S/C23H30N6OS/c1-3-15-31-23-26-20(28-12-7-4-8-13-28)19-16-25-29(21(19)27-23)14-11-24-22(30)18-10-6-5-9-17(18)2/h5-6,9-10,16H,3-4,7-8,11-15H2,1-2H3,(H,24,30). The number of anilines is 1. The topological polar surface area (TPSA) is 75.9 Å². The number of piperidine rings is 1. The van der Waals surface area contributed by atoms with Crippen molar-refractivity contribution in [2.24, 2.45) is 0 Å². The molecule has 0 radical (unpaired) electrons. The fourth-order valence-corrected chi connectivity index (χ4v) is 4.58. The van der Waals surface area contributed by atoms with Gasteiger partial charge in [-0.1, -0.05) is 36.9 Å². The van der Waals surface area contributed by atoms with Gasteiger partial charge in [-0.3, -0.25) is 4.79 Å². The zero-order valence-electron chi connectivity index (χ0n) is 18.3. The molecule has 0 aliphatic carbocycles. The van der Waals surface area contributed by atoms with Crippen molar-refractivity contribution in [1.82, 2.24) is 25.1 Å². The van der Waals surface area contributed by atoms with Crippen LogP contribution in [0.5, 0.6) is 0 Å². The van der Waals surface area contributed by atoms with Gasteiger partial charge in [0.15, 0.2) is 10.8 Å². The molecule has 3 heterocycles. The quantitative estimate of drug-likeness (QED) is 0.422. The highest BCUT2D eigenvalue weighted by atomic mass is 32.2. The van der Waals surface area contributed by atoms with E-state index in [-0.39, 0.29) is 5.91 Å². The molecule has 1 N–H and O–H groups in total. The average molecular weight is 439 g/mol. The van der Waals surface area contributed by atoms with Gasteiger partial charge >= 0.3 is 0 Å². The Morgan fingerprint density at radius 2 is 1.97 bits per heavy atom. The largest absolute Gasteiger partial charge is 0.356 e. The van der Waals surface area contributed by atoms with Crippen LogP contribution < -0.4 is 10.2 Å². The normalized spacial score (nSPS) is 14.2. The van der Waals surface area contributed by atoms with E-state index in [1.165, 1.54) is 19.3 Å². The monoisotopic (exact) mass is 438 g/mol. The number of hydrogen-bond donors (Lipinski definition) is 1. The Labute approximate surface area is 187 Å². The number of thioether (sulfide) groups is 1. The molecular formula is C23H30N6OS. The van der Waals surface area contributed by atoms with Gasteiger partial charge in [0.25, 0.3) is 5.91 Å². The third kappa shape index (κ3) is 5.01. The minimum atomic E-state index is -0.0580. The molecule has 0 saturated carbocycles. The lowest BCUT2D eigenvalue weighted by molar-refractivity contribution is 0.0951. The van der Waals surface area contributed by atoms with Gasteiger partial charge in [-0.2, -0.15) is 5.10 Å². The maximum atomic E-state index is 12.5. The summed E-state index contributed by atoms with van der Waals surface area (Å²) in [6.07, 6.45) is 6.62. The molecule has 3 aromatic rings. The van der Waals surface area contributed by atoms with E-state index in [4.69, 9.17) is 9.97 Å². The fraction of sp³-hybridized carbons (Fsp3) is 0.478. The first-order valence-electron chi connectivity index (χ1n) is 11.1. The van der Waals surface area contributed by atoms with E-state index in [1.807, 2.05) is 42.1 Å². The summed E-state index contributed by atoms with van der Waals surface area (Å²) < 4.78 is 1.89. The van der Waals surface area contributed by atoms with Crippen LogP contribution >= 0.6 is 11.8 Å². The van der Waals surface area contributed by atoms with Crippen LogP contribution in [0.25, 0.3) is 11.0 Å². The lowest BCUT2D eigenvalue weighted by atomic mass is 10.1. The van der Waals surface area contributed by atoms with E-state index in [0.29, 0.717) is 18.7 Å². The number of carbonyl (C=O) groups is 1. The van der Waals surface area contributed by atoms with Crippen molar-refractivity contribution in [3.63, 3.8) is 0 Å². The van der Waals surface area contributed by atoms with Gasteiger partial charge in [0, 0.05) is 31.0 Å². The van der Waals surface area contributed by atoms with Crippen LogP contribution in [0.1, 0.15) is 48.5 Å². The molecular weight excluding hydrogens is 408 g/mol. The summed E-state index contributed by atoms with van der Waals surface area (Å²) in [6, 6.07) is 7.63. The van der Waals surface area contributed by atoms with Crippen molar-refractivity contribution >= 4 is 34.5 Å². The van der Waals surface area contributed by atoms with Crippen molar-refractivity contribution in [3.05, 3.63) is 41.6 Å². The summed E-state index contributed by atoms with van der Waals surface area (Å²) in [4.78, 5) is 24.6. The number of benzene rings is 1. The van der Waals surface area contributed by atoms with E-state index in [9.17, 15) is 4.79 Å². The predicted octanol–water partition coefficient (Wildman–Crippen LogP) is 4.06. The molecule has 1 amide bonds. The SMILES string of the molecule is CCCSc1nc(N2CCCCC2)c2cnn(CCNC(=O)c3ccccc3C)c2n1. The van der Waals surface area contributed by atoms with Crippen LogP contribution in [0.3, 0.4) is 0 Å². The van der Waals surface area contributed by atoms with Crippen LogP contribution in [-0.2, 0) is 6.54 Å². The van der Waals surface area contributed by atoms with Crippen LogP contribution in [0.15, 0.2) is 35.6 Å². The van der Waals surface area contributed by atoms with Gasteiger partial charge in [-0.15, -0.1) is 0 Å². The zero-order valence-corrected chi connectivity index (χ0v) is 19.1. The van der Waals surface area contributed by atoms with Crippen LogP contribution in [0, 0.1) is 6.92 Å². The first-order valence-corrected chi connectivity index (χ1v) is 12.1. The molecule has 0 atom stereocenters. The minimum Gasteiger partial charge on any atom is -0.356 e. The van der Waals surface area contributed by atoms with Crippen LogP contribution in [-0.4, -0.2) is 51.0 Å². The van der Waals surface area contributed by atoms with E-state index < -0.39 is 0 Å². The van der Waals surface area contributed by atoms with Gasteiger partial charge in [0.05, 0.1) is 18.1 Å². The van der Waals surface area contributed by atoms with Crippen LogP contribution in [0.4, 0.5) is 5.82 Å². The number of nitrogens with one attached hydrogen (secondary N) is 1. The van der Waals surface area contributed by atoms with E-state index in [1.54, 1.807) is 11.8 Å². The smallest absolute Gasteiger partial charge is 0.251 e. The molecule has 0 spiro atoms. The highest BCUT2D eigenvalue weighted by Gasteiger charge is 2.20. The molecule has 1 aliphatic heterocycles. The summed E-state index contributed by atoms with van der Waals surface area (Å²) in [5, 5.41) is 9.40. The Morgan fingerprint density at radius 3 is 2.74 bits per heavy atom. The number of nitrogens with zero attached hydrogens (tertiary/aromatic N) is 5. The van der Waals surface area contributed by atoms with Gasteiger partial charge in [0.1, 0.15) is 5.82 Å². The number of aryl methyl sites for hydroxylation is 1. The summed E-state index contributed by atoms with van der Waals surface area (Å²) in [6.45, 7) is 7.23. The predicted molar refractivity (Wildman–Crippen MR) is 126 cm³/mol. The first-order chi connectivity index (χ1) is 15.2. The average Bonchev–Trinajstić information content (AvgIpc) is 3.21. The fourth-order valence-electron chi connectivity index (χ4n) is 3.89. The van der Waals surface area contributed by atoms with Gasteiger partial charge < -0.3 is 10.2 Å². The molecule has 0 unspecified atom stereocenters. The summed E-state index contributed by atoms with van der Waals surface area (Å²) in [5.41, 5.74) is 2.53. The third-order valence-corrected chi connectivity index (χ3v) is 6.60. The second-order valence-corrected chi connectivity index (χ2v) is 8.96. The molecule has 1 aliphatic rings. The first kappa shape index (κ1) is 21.6. The van der Waals surface area contributed by atoms with Gasteiger partial charge in [-0.05, 0) is 44.2 Å². The number of hydrogen-bond acceptors (Lipinski definition) is 6. The summed E-state index contributed by atoms with van der Waals surface area (Å²) in [7, 11) is 0. The Kier molecular flexibility index (Phi) is 7.06. The molecule has 1 saturated heterocycles. The maximum Gasteiger partial charge on any atom is 0.251 e. The minimum absolute atomic E-state index is 0.0580. The Hall–Kier alpha value is -2.61. The lowest BCUT2D eigenvalue weighted by Gasteiger charge is -2.28. The molecule has 4 rings (SSSR count). The Morgan fingerprint density at radius 1 is 1.16 bits per heavy atom. The maximum absolute atomic E-state index is 12.5. The Balaban J connectivity index is 1.53. The van der Waals surface area contributed by atoms with Crippen molar-refractivity contribution < 1.29 is 4.79 Å². The van der Waals surface area contributed by atoms with E-state index in [0.717, 1.165) is 52.8 Å². The highest BCUT2D eigenvalue weighted by molar-refractivity contribution is 7.99. The summed E-state index contributed by atoms with van der Waals surface area (Å²) >= 11 is 1.69. The van der Waals surface area contributed by atoms with Gasteiger partial charge in [-0.25, -0.2) is 14.6 Å². The molecule has 164 valence electrons. The zero-order chi connectivity index (χ0) is 21.6. The number of aromatic nitrogens is 4. The second kappa shape index (κ2) is 10.1. The molecule has 0 bridgehead atoms. The van der Waals surface area contributed by atoms with Crippen molar-refractivity contribution in [2.45, 2.75) is 51.2 Å². The highest BCUT2D eigenvalue weighted by Crippen LogP contribution is 2.29. The number of rotatable bonds is 8. The lowest BCUT2D eigenvalue weighted by Crippen LogP contribution is -2.30. The molecule has 8 heteroatoms. The van der Waals surface area contributed by atoms with E-state index >= 15 is 0 Å². The van der Waals surface area contributed by atoms with Crippen LogP contribution in [0.2, 0.25) is 0 Å². The van der Waals surface area contributed by atoms with Crippen molar-refractivity contribution in [1.29, 1.82) is 0 Å². The third-order valence-electron chi connectivity index (χ3n) is 5.55. The number of amides is 1. The van der Waals surface area contributed by atoms with E-state index in [2.05, 4.69) is 22.2 Å². The van der Waals surface area contributed by atoms with Crippen molar-refractivity contribution in [3.8, 4) is 0 Å². The molecule has 7 nitrogen and oxygen atoms in total. The van der Waals surface area contributed by atoms with Crippen molar-refractivity contribution in [2.75, 3.05) is 30.3 Å². The second-order valence-electron chi connectivity index (χ2n) is 7.90. The Bertz CT molecular complexity index is 1040. The molecule has 31 heavy (non-hydrogen) atoms.